The van der Waals surface area contributed by atoms with Crippen LogP contribution in [0, 0.1) is 0 Å². The normalized spacial score (nSPS) is 15.4. The second-order valence-corrected chi connectivity index (χ2v) is 5.00. The van der Waals surface area contributed by atoms with Crippen LogP contribution in [0.2, 0.25) is 0 Å². The first-order valence-corrected chi connectivity index (χ1v) is 6.95. The quantitative estimate of drug-likeness (QED) is 0.781. The molecule has 0 aromatic carbocycles. The number of amides is 1. The van der Waals surface area contributed by atoms with Crippen molar-refractivity contribution in [2.75, 3.05) is 19.6 Å². The Kier molecular flexibility index (Phi) is 4.76. The van der Waals surface area contributed by atoms with Crippen molar-refractivity contribution in [3.05, 3.63) is 34.0 Å². The summed E-state index contributed by atoms with van der Waals surface area (Å²) in [6.07, 6.45) is 4.83. The molecule has 0 radical (unpaired) electrons. The van der Waals surface area contributed by atoms with Crippen LogP contribution in [-0.2, 0) is 11.2 Å². The number of rotatable bonds is 5. The zero-order valence-electron chi connectivity index (χ0n) is 9.87. The van der Waals surface area contributed by atoms with Crippen LogP contribution < -0.4 is 10.6 Å². The predicted octanol–water partition coefficient (Wildman–Crippen LogP) is 1.72. The summed E-state index contributed by atoms with van der Waals surface area (Å²) in [4.78, 5) is 11.6. The molecule has 2 N–H and O–H groups in total. The van der Waals surface area contributed by atoms with Gasteiger partial charge in [0, 0.05) is 13.1 Å². The molecule has 3 nitrogen and oxygen atoms in total. The Balaban J connectivity index is 1.64. The van der Waals surface area contributed by atoms with Crippen LogP contribution in [0.1, 0.15) is 18.4 Å². The summed E-state index contributed by atoms with van der Waals surface area (Å²) in [6.45, 7) is 2.79. The fraction of sp³-hybridized carbons (Fsp3) is 0.462. The number of hydrogen-bond acceptors (Lipinski definition) is 3. The van der Waals surface area contributed by atoms with Gasteiger partial charge in [0.25, 0.3) is 0 Å². The highest BCUT2D eigenvalue weighted by Gasteiger charge is 2.05. The highest BCUT2D eigenvalue weighted by Crippen LogP contribution is 2.08. The molecular formula is C13H18N2OS. The monoisotopic (exact) mass is 250 g/mol. The maximum absolute atomic E-state index is 11.6. The number of thiophene rings is 1. The molecule has 4 heteroatoms. The number of hydrogen-bond donors (Lipinski definition) is 2. The summed E-state index contributed by atoms with van der Waals surface area (Å²) in [6, 6.07) is 2.00. The third kappa shape index (κ3) is 4.32. The van der Waals surface area contributed by atoms with Gasteiger partial charge < -0.3 is 10.6 Å². The van der Waals surface area contributed by atoms with E-state index in [1.165, 1.54) is 5.57 Å². The van der Waals surface area contributed by atoms with Crippen molar-refractivity contribution in [1.82, 2.24) is 10.6 Å². The summed E-state index contributed by atoms with van der Waals surface area (Å²) in [7, 11) is 0. The summed E-state index contributed by atoms with van der Waals surface area (Å²) >= 11 is 1.63. The Hall–Kier alpha value is -1.13. The summed E-state index contributed by atoms with van der Waals surface area (Å²) < 4.78 is 0. The summed E-state index contributed by atoms with van der Waals surface area (Å²) in [5.74, 6) is 0.123. The second-order valence-electron chi connectivity index (χ2n) is 4.22. The first kappa shape index (κ1) is 12.3. The third-order valence-corrected chi connectivity index (χ3v) is 3.60. The lowest BCUT2D eigenvalue weighted by Crippen LogP contribution is -2.27. The van der Waals surface area contributed by atoms with Crippen molar-refractivity contribution >= 4 is 17.2 Å². The molecule has 0 atom stereocenters. The van der Waals surface area contributed by atoms with E-state index < -0.39 is 0 Å². The Morgan fingerprint density at radius 1 is 1.53 bits per heavy atom. The van der Waals surface area contributed by atoms with Crippen molar-refractivity contribution in [1.29, 1.82) is 0 Å². The van der Waals surface area contributed by atoms with Crippen LogP contribution in [-0.4, -0.2) is 25.5 Å². The Bertz CT molecular complexity index is 384. The molecule has 2 heterocycles. The molecule has 0 saturated carbocycles. The highest BCUT2D eigenvalue weighted by atomic mass is 32.1. The van der Waals surface area contributed by atoms with Crippen molar-refractivity contribution < 1.29 is 4.79 Å². The van der Waals surface area contributed by atoms with E-state index in [4.69, 9.17) is 0 Å². The molecule has 2 rings (SSSR count). The van der Waals surface area contributed by atoms with Gasteiger partial charge in [0.2, 0.25) is 5.91 Å². The minimum atomic E-state index is 0.123. The third-order valence-electron chi connectivity index (χ3n) is 2.87. The van der Waals surface area contributed by atoms with Gasteiger partial charge in [0.05, 0.1) is 6.42 Å². The molecule has 1 aliphatic rings. The minimum absolute atomic E-state index is 0.123. The fourth-order valence-electron chi connectivity index (χ4n) is 1.90. The number of carbonyl (C=O) groups is 1. The van der Waals surface area contributed by atoms with Gasteiger partial charge in [0.1, 0.15) is 0 Å². The average molecular weight is 250 g/mol. The molecule has 0 unspecified atom stereocenters. The molecule has 0 aliphatic carbocycles. The van der Waals surface area contributed by atoms with Crippen molar-refractivity contribution in [2.24, 2.45) is 0 Å². The van der Waals surface area contributed by atoms with E-state index in [1.54, 1.807) is 11.3 Å². The van der Waals surface area contributed by atoms with Crippen molar-refractivity contribution in [2.45, 2.75) is 19.3 Å². The van der Waals surface area contributed by atoms with E-state index in [9.17, 15) is 4.79 Å². The van der Waals surface area contributed by atoms with Gasteiger partial charge in [-0.1, -0.05) is 11.6 Å². The first-order chi connectivity index (χ1) is 8.34. The molecule has 17 heavy (non-hydrogen) atoms. The van der Waals surface area contributed by atoms with Gasteiger partial charge in [0.15, 0.2) is 0 Å². The van der Waals surface area contributed by atoms with E-state index in [1.807, 2.05) is 16.8 Å². The fourth-order valence-corrected chi connectivity index (χ4v) is 2.57. The lowest BCUT2D eigenvalue weighted by atomic mass is 10.1. The zero-order chi connectivity index (χ0) is 11.9. The molecule has 1 amide bonds. The second kappa shape index (κ2) is 6.57. The number of nitrogens with one attached hydrogen (secondary N) is 2. The molecule has 0 spiro atoms. The largest absolute Gasteiger partial charge is 0.355 e. The van der Waals surface area contributed by atoms with Gasteiger partial charge in [-0.2, -0.15) is 11.3 Å². The first-order valence-electron chi connectivity index (χ1n) is 6.01. The van der Waals surface area contributed by atoms with Crippen LogP contribution >= 0.6 is 11.3 Å². The smallest absolute Gasteiger partial charge is 0.224 e. The summed E-state index contributed by atoms with van der Waals surface area (Å²) in [5, 5.41) is 10.3. The molecular weight excluding hydrogens is 232 g/mol. The molecule has 0 saturated heterocycles. The van der Waals surface area contributed by atoms with Crippen LogP contribution in [0.25, 0.3) is 0 Å². The number of carbonyl (C=O) groups excluding carboxylic acids is 1. The molecule has 1 aliphatic heterocycles. The SMILES string of the molecule is O=C(Cc1ccsc1)NCCC1=CCNCC1. The van der Waals surface area contributed by atoms with E-state index in [0.29, 0.717) is 6.42 Å². The molecule has 0 bridgehead atoms. The Labute approximate surface area is 106 Å². The molecule has 92 valence electrons. The van der Waals surface area contributed by atoms with Crippen LogP contribution in [0.3, 0.4) is 0 Å². The Morgan fingerprint density at radius 2 is 2.47 bits per heavy atom. The van der Waals surface area contributed by atoms with E-state index >= 15 is 0 Å². The van der Waals surface area contributed by atoms with Gasteiger partial charge in [-0.05, 0) is 41.8 Å². The highest BCUT2D eigenvalue weighted by molar-refractivity contribution is 7.07. The Morgan fingerprint density at radius 3 is 3.18 bits per heavy atom. The van der Waals surface area contributed by atoms with Crippen molar-refractivity contribution in [3.8, 4) is 0 Å². The van der Waals surface area contributed by atoms with Crippen molar-refractivity contribution in [3.63, 3.8) is 0 Å². The lowest BCUT2D eigenvalue weighted by molar-refractivity contribution is -0.120. The molecule has 1 aromatic heterocycles. The minimum Gasteiger partial charge on any atom is -0.355 e. The van der Waals surface area contributed by atoms with Gasteiger partial charge in [-0.3, -0.25) is 4.79 Å². The molecule has 0 fully saturated rings. The maximum Gasteiger partial charge on any atom is 0.224 e. The average Bonchev–Trinajstić information content (AvgIpc) is 2.83. The predicted molar refractivity (Wildman–Crippen MR) is 71.2 cm³/mol. The lowest BCUT2D eigenvalue weighted by Gasteiger charge is -2.14. The van der Waals surface area contributed by atoms with E-state index in [2.05, 4.69) is 16.7 Å². The van der Waals surface area contributed by atoms with Crippen LogP contribution in [0.4, 0.5) is 0 Å². The summed E-state index contributed by atoms with van der Waals surface area (Å²) in [5.41, 5.74) is 2.56. The van der Waals surface area contributed by atoms with Crippen LogP contribution in [0.5, 0.6) is 0 Å². The zero-order valence-corrected chi connectivity index (χ0v) is 10.7. The molecule has 1 aromatic rings. The maximum atomic E-state index is 11.6. The van der Waals surface area contributed by atoms with Gasteiger partial charge >= 0.3 is 0 Å². The van der Waals surface area contributed by atoms with E-state index in [0.717, 1.165) is 38.0 Å². The van der Waals surface area contributed by atoms with Crippen LogP contribution in [0.15, 0.2) is 28.5 Å². The van der Waals surface area contributed by atoms with E-state index in [-0.39, 0.29) is 5.91 Å². The van der Waals surface area contributed by atoms with Gasteiger partial charge in [-0.25, -0.2) is 0 Å². The standard InChI is InChI=1S/C13H18N2OS/c16-13(9-12-4-8-17-10-12)15-7-3-11-1-5-14-6-2-11/h1,4,8,10,14H,2-3,5-7,9H2,(H,15,16). The topological polar surface area (TPSA) is 41.1 Å². The van der Waals surface area contributed by atoms with Gasteiger partial charge in [-0.15, -0.1) is 0 Å².